The first-order valence-electron chi connectivity index (χ1n) is 6.46. The molecule has 2 heteroatoms. The van der Waals surface area contributed by atoms with Crippen LogP contribution in [0.3, 0.4) is 0 Å². The summed E-state index contributed by atoms with van der Waals surface area (Å²) in [7, 11) is 0. The molecule has 0 aliphatic heterocycles. The van der Waals surface area contributed by atoms with Gasteiger partial charge in [0.15, 0.2) is 6.29 Å². The Hall–Kier alpha value is -1.31. The van der Waals surface area contributed by atoms with Gasteiger partial charge in [-0.1, -0.05) is 47.6 Å². The molecule has 0 aromatic heterocycles. The van der Waals surface area contributed by atoms with E-state index in [2.05, 4.69) is 41.5 Å². The van der Waals surface area contributed by atoms with Gasteiger partial charge in [0.05, 0.1) is 5.56 Å². The number of rotatable bonds is 3. The van der Waals surface area contributed by atoms with E-state index in [1.54, 1.807) is 6.07 Å². The van der Waals surface area contributed by atoms with Crippen LogP contribution in [0.5, 0.6) is 5.75 Å². The molecule has 0 amide bonds. The molecule has 2 nitrogen and oxygen atoms in total. The first-order valence-corrected chi connectivity index (χ1v) is 6.46. The normalized spacial score (nSPS) is 12.6. The molecule has 1 rings (SSSR count). The van der Waals surface area contributed by atoms with Crippen LogP contribution in [0.25, 0.3) is 0 Å². The molecule has 0 atom stereocenters. The summed E-state index contributed by atoms with van der Waals surface area (Å²) < 4.78 is 0. The van der Waals surface area contributed by atoms with Crippen LogP contribution in [0.4, 0.5) is 0 Å². The molecule has 0 aliphatic rings. The summed E-state index contributed by atoms with van der Waals surface area (Å²) >= 11 is 0. The Morgan fingerprint density at radius 2 is 1.72 bits per heavy atom. The lowest BCUT2D eigenvalue weighted by Gasteiger charge is -2.28. The second kappa shape index (κ2) is 4.75. The highest BCUT2D eigenvalue weighted by molar-refractivity contribution is 5.81. The fourth-order valence-corrected chi connectivity index (χ4v) is 1.89. The van der Waals surface area contributed by atoms with Gasteiger partial charge in [-0.15, -0.1) is 0 Å². The van der Waals surface area contributed by atoms with Gasteiger partial charge >= 0.3 is 0 Å². The first-order chi connectivity index (χ1) is 8.13. The van der Waals surface area contributed by atoms with Crippen LogP contribution in [0, 0.1) is 0 Å². The maximum absolute atomic E-state index is 11.1. The van der Waals surface area contributed by atoms with Crippen LogP contribution in [-0.2, 0) is 10.8 Å². The van der Waals surface area contributed by atoms with E-state index in [9.17, 15) is 9.90 Å². The van der Waals surface area contributed by atoms with E-state index in [4.69, 9.17) is 0 Å². The van der Waals surface area contributed by atoms with E-state index in [1.807, 2.05) is 6.07 Å². The maximum Gasteiger partial charge on any atom is 0.153 e. The average Bonchev–Trinajstić information content (AvgIpc) is 2.27. The lowest BCUT2D eigenvalue weighted by atomic mass is 9.77. The standard InChI is InChI=1S/C16H24O2/c1-7-16(5,6)13-9-12(15(2,3)4)8-11(10-17)14(13)18/h8-10,18H,7H2,1-6H3. The summed E-state index contributed by atoms with van der Waals surface area (Å²) in [4.78, 5) is 11.1. The van der Waals surface area contributed by atoms with Crippen molar-refractivity contribution in [3.05, 3.63) is 28.8 Å². The second-order valence-electron chi connectivity index (χ2n) is 6.57. The summed E-state index contributed by atoms with van der Waals surface area (Å²) in [5.74, 6) is 0.129. The van der Waals surface area contributed by atoms with E-state index in [-0.39, 0.29) is 16.6 Å². The van der Waals surface area contributed by atoms with E-state index < -0.39 is 0 Å². The zero-order valence-electron chi connectivity index (χ0n) is 12.3. The highest BCUT2D eigenvalue weighted by Crippen LogP contribution is 2.38. The first kappa shape index (κ1) is 14.7. The van der Waals surface area contributed by atoms with Gasteiger partial charge in [-0.3, -0.25) is 4.79 Å². The van der Waals surface area contributed by atoms with Crippen LogP contribution in [0.1, 0.15) is 69.4 Å². The molecule has 1 N–H and O–H groups in total. The molecule has 1 aromatic carbocycles. The van der Waals surface area contributed by atoms with E-state index in [0.29, 0.717) is 5.56 Å². The Balaban J connectivity index is 3.56. The molecule has 1 aromatic rings. The molecule has 0 fully saturated rings. The smallest absolute Gasteiger partial charge is 0.153 e. The fraction of sp³-hybridized carbons (Fsp3) is 0.562. The van der Waals surface area contributed by atoms with Gasteiger partial charge in [-0.05, 0) is 28.9 Å². The molecule has 0 bridgehead atoms. The molecule has 0 saturated carbocycles. The van der Waals surface area contributed by atoms with Gasteiger partial charge in [0.1, 0.15) is 5.75 Å². The van der Waals surface area contributed by atoms with Crippen LogP contribution in [0.2, 0.25) is 0 Å². The number of phenols is 1. The topological polar surface area (TPSA) is 37.3 Å². The zero-order valence-corrected chi connectivity index (χ0v) is 12.3. The van der Waals surface area contributed by atoms with Crippen LogP contribution in [0.15, 0.2) is 12.1 Å². The minimum absolute atomic E-state index is 0.0377. The van der Waals surface area contributed by atoms with Crippen molar-refractivity contribution in [3.63, 3.8) is 0 Å². The summed E-state index contributed by atoms with van der Waals surface area (Å²) in [5.41, 5.74) is 2.16. The number of carbonyl (C=O) groups excluding carboxylic acids is 1. The lowest BCUT2D eigenvalue weighted by molar-refractivity contribution is 0.112. The lowest BCUT2D eigenvalue weighted by Crippen LogP contribution is -2.19. The minimum Gasteiger partial charge on any atom is -0.507 e. The molecule has 0 unspecified atom stereocenters. The van der Waals surface area contributed by atoms with Gasteiger partial charge in [0.25, 0.3) is 0 Å². The number of benzene rings is 1. The molecule has 0 saturated heterocycles. The van der Waals surface area contributed by atoms with E-state index in [0.717, 1.165) is 23.8 Å². The number of phenolic OH excluding ortho intramolecular Hbond substituents is 1. The minimum atomic E-state index is -0.136. The monoisotopic (exact) mass is 248 g/mol. The Morgan fingerprint density at radius 1 is 1.17 bits per heavy atom. The second-order valence-corrected chi connectivity index (χ2v) is 6.57. The van der Waals surface area contributed by atoms with Gasteiger partial charge < -0.3 is 5.11 Å². The molecule has 0 heterocycles. The van der Waals surface area contributed by atoms with Crippen molar-refractivity contribution in [2.75, 3.05) is 0 Å². The third kappa shape index (κ3) is 2.74. The summed E-state index contributed by atoms with van der Waals surface area (Å²) in [6, 6.07) is 3.82. The molecule has 0 radical (unpaired) electrons. The number of hydrogen-bond donors (Lipinski definition) is 1. The highest BCUT2D eigenvalue weighted by Gasteiger charge is 2.26. The number of aromatic hydroxyl groups is 1. The Morgan fingerprint density at radius 3 is 2.11 bits per heavy atom. The predicted molar refractivity (Wildman–Crippen MR) is 75.5 cm³/mol. The SMILES string of the molecule is CCC(C)(C)c1cc(C(C)(C)C)cc(C=O)c1O. The van der Waals surface area contributed by atoms with Crippen molar-refractivity contribution in [1.82, 2.24) is 0 Å². The van der Waals surface area contributed by atoms with Crippen molar-refractivity contribution < 1.29 is 9.90 Å². The number of hydrogen-bond acceptors (Lipinski definition) is 2. The Labute approximate surface area is 110 Å². The largest absolute Gasteiger partial charge is 0.507 e. The molecule has 100 valence electrons. The van der Waals surface area contributed by atoms with Crippen molar-refractivity contribution in [2.24, 2.45) is 0 Å². The predicted octanol–water partition coefficient (Wildman–Crippen LogP) is 4.19. The van der Waals surface area contributed by atoms with E-state index in [1.165, 1.54) is 0 Å². The average molecular weight is 248 g/mol. The van der Waals surface area contributed by atoms with Gasteiger partial charge in [-0.25, -0.2) is 0 Å². The van der Waals surface area contributed by atoms with Crippen LogP contribution < -0.4 is 0 Å². The highest BCUT2D eigenvalue weighted by atomic mass is 16.3. The van der Waals surface area contributed by atoms with Crippen LogP contribution in [-0.4, -0.2) is 11.4 Å². The molecule has 0 aliphatic carbocycles. The molecular formula is C16H24O2. The molecular weight excluding hydrogens is 224 g/mol. The van der Waals surface area contributed by atoms with Crippen molar-refractivity contribution in [3.8, 4) is 5.75 Å². The Bertz CT molecular complexity index is 451. The summed E-state index contributed by atoms with van der Waals surface area (Å²) in [6.07, 6.45) is 1.65. The summed E-state index contributed by atoms with van der Waals surface area (Å²) in [5, 5.41) is 10.2. The van der Waals surface area contributed by atoms with Crippen molar-refractivity contribution >= 4 is 6.29 Å². The van der Waals surface area contributed by atoms with E-state index >= 15 is 0 Å². The fourth-order valence-electron chi connectivity index (χ4n) is 1.89. The number of aldehydes is 1. The maximum atomic E-state index is 11.1. The van der Waals surface area contributed by atoms with Gasteiger partial charge in [0.2, 0.25) is 0 Å². The van der Waals surface area contributed by atoms with Gasteiger partial charge in [0, 0.05) is 5.56 Å². The molecule has 0 spiro atoms. The third-order valence-corrected chi connectivity index (χ3v) is 3.75. The number of carbonyl (C=O) groups is 1. The van der Waals surface area contributed by atoms with Crippen molar-refractivity contribution in [2.45, 2.75) is 58.8 Å². The quantitative estimate of drug-likeness (QED) is 0.814. The zero-order chi connectivity index (χ0) is 14.1. The summed E-state index contributed by atoms with van der Waals surface area (Å²) in [6.45, 7) is 12.6. The Kier molecular flexibility index (Phi) is 3.89. The third-order valence-electron chi connectivity index (χ3n) is 3.75. The van der Waals surface area contributed by atoms with Crippen molar-refractivity contribution in [1.29, 1.82) is 0 Å². The van der Waals surface area contributed by atoms with Gasteiger partial charge in [-0.2, -0.15) is 0 Å². The van der Waals surface area contributed by atoms with Crippen LogP contribution >= 0.6 is 0 Å². The molecule has 18 heavy (non-hydrogen) atoms.